The SMILES string of the molecule is CN(Cc1ccc(N)c(Br)c1)C1CCCCCC1. The lowest BCUT2D eigenvalue weighted by Crippen LogP contribution is -2.30. The van der Waals surface area contributed by atoms with Gasteiger partial charge in [0.2, 0.25) is 0 Å². The number of nitrogen functional groups attached to an aromatic ring is 1. The lowest BCUT2D eigenvalue weighted by Gasteiger charge is -2.27. The number of anilines is 1. The van der Waals surface area contributed by atoms with Crippen LogP contribution in [0.3, 0.4) is 0 Å². The number of halogens is 1. The highest BCUT2D eigenvalue weighted by Gasteiger charge is 2.17. The molecule has 18 heavy (non-hydrogen) atoms. The van der Waals surface area contributed by atoms with E-state index < -0.39 is 0 Å². The molecule has 0 atom stereocenters. The smallest absolute Gasteiger partial charge is 0.0458 e. The number of hydrogen-bond acceptors (Lipinski definition) is 2. The molecule has 1 saturated carbocycles. The quantitative estimate of drug-likeness (QED) is 0.670. The van der Waals surface area contributed by atoms with Crippen LogP contribution in [0.5, 0.6) is 0 Å². The Morgan fingerprint density at radius 3 is 2.50 bits per heavy atom. The van der Waals surface area contributed by atoms with E-state index in [1.165, 1.54) is 44.1 Å². The summed E-state index contributed by atoms with van der Waals surface area (Å²) in [5.74, 6) is 0. The van der Waals surface area contributed by atoms with Gasteiger partial charge < -0.3 is 5.73 Å². The largest absolute Gasteiger partial charge is 0.398 e. The summed E-state index contributed by atoms with van der Waals surface area (Å²) in [5.41, 5.74) is 7.97. The number of rotatable bonds is 3. The molecule has 0 unspecified atom stereocenters. The summed E-state index contributed by atoms with van der Waals surface area (Å²) in [5, 5.41) is 0. The molecular weight excluding hydrogens is 288 g/mol. The van der Waals surface area contributed by atoms with Crippen LogP contribution in [0.4, 0.5) is 5.69 Å². The zero-order chi connectivity index (χ0) is 13.0. The van der Waals surface area contributed by atoms with Gasteiger partial charge in [-0.3, -0.25) is 4.90 Å². The topological polar surface area (TPSA) is 29.3 Å². The van der Waals surface area contributed by atoms with Crippen LogP contribution >= 0.6 is 15.9 Å². The Morgan fingerprint density at radius 1 is 1.22 bits per heavy atom. The van der Waals surface area contributed by atoms with E-state index in [1.807, 2.05) is 6.07 Å². The first-order valence-electron chi connectivity index (χ1n) is 6.91. The van der Waals surface area contributed by atoms with Crippen molar-refractivity contribution < 1.29 is 0 Å². The molecule has 1 aromatic rings. The number of nitrogens with zero attached hydrogens (tertiary/aromatic N) is 1. The van der Waals surface area contributed by atoms with Crippen molar-refractivity contribution in [1.29, 1.82) is 0 Å². The normalized spacial score (nSPS) is 17.9. The second-order valence-electron chi connectivity index (χ2n) is 5.42. The predicted molar refractivity (Wildman–Crippen MR) is 81.5 cm³/mol. The van der Waals surface area contributed by atoms with Crippen LogP contribution < -0.4 is 5.73 Å². The van der Waals surface area contributed by atoms with Crippen LogP contribution in [0.25, 0.3) is 0 Å². The van der Waals surface area contributed by atoms with Gasteiger partial charge in [0.15, 0.2) is 0 Å². The van der Waals surface area contributed by atoms with Crippen molar-refractivity contribution in [2.75, 3.05) is 12.8 Å². The molecule has 2 nitrogen and oxygen atoms in total. The molecule has 0 aliphatic heterocycles. The highest BCUT2D eigenvalue weighted by atomic mass is 79.9. The minimum atomic E-state index is 0.754. The fourth-order valence-electron chi connectivity index (χ4n) is 2.78. The molecule has 0 saturated heterocycles. The van der Waals surface area contributed by atoms with E-state index in [2.05, 4.69) is 40.0 Å². The second kappa shape index (κ2) is 6.58. The molecule has 1 aliphatic carbocycles. The van der Waals surface area contributed by atoms with Crippen LogP contribution in [0.1, 0.15) is 44.1 Å². The van der Waals surface area contributed by atoms with Crippen molar-refractivity contribution in [2.45, 2.75) is 51.1 Å². The molecule has 1 fully saturated rings. The fourth-order valence-corrected chi connectivity index (χ4v) is 3.21. The van der Waals surface area contributed by atoms with Gasteiger partial charge in [0.05, 0.1) is 0 Å². The molecule has 0 spiro atoms. The Morgan fingerprint density at radius 2 is 1.89 bits per heavy atom. The summed E-state index contributed by atoms with van der Waals surface area (Å²) < 4.78 is 1.01. The Balaban J connectivity index is 1.96. The second-order valence-corrected chi connectivity index (χ2v) is 6.27. The molecule has 0 radical (unpaired) electrons. The summed E-state index contributed by atoms with van der Waals surface area (Å²) >= 11 is 3.50. The maximum absolute atomic E-state index is 5.82. The third kappa shape index (κ3) is 3.72. The van der Waals surface area contributed by atoms with Gasteiger partial charge in [-0.25, -0.2) is 0 Å². The van der Waals surface area contributed by atoms with Crippen molar-refractivity contribution in [3.63, 3.8) is 0 Å². The molecule has 3 heteroatoms. The third-order valence-corrected chi connectivity index (χ3v) is 4.63. The van der Waals surface area contributed by atoms with E-state index in [-0.39, 0.29) is 0 Å². The van der Waals surface area contributed by atoms with E-state index in [1.54, 1.807) is 0 Å². The van der Waals surface area contributed by atoms with E-state index in [0.29, 0.717) is 0 Å². The standard InChI is InChI=1S/C15H23BrN2/c1-18(13-6-4-2-3-5-7-13)11-12-8-9-15(17)14(16)10-12/h8-10,13H,2-7,11,17H2,1H3. The van der Waals surface area contributed by atoms with E-state index >= 15 is 0 Å². The first-order chi connectivity index (χ1) is 8.66. The summed E-state index contributed by atoms with van der Waals surface area (Å²) in [6.07, 6.45) is 8.32. The summed E-state index contributed by atoms with van der Waals surface area (Å²) in [7, 11) is 2.25. The van der Waals surface area contributed by atoms with Gasteiger partial charge in [0, 0.05) is 22.7 Å². The predicted octanol–water partition coefficient (Wildman–Crippen LogP) is 4.19. The first-order valence-corrected chi connectivity index (χ1v) is 7.70. The lowest BCUT2D eigenvalue weighted by molar-refractivity contribution is 0.213. The molecule has 0 amide bonds. The van der Waals surface area contributed by atoms with E-state index in [0.717, 1.165) is 22.7 Å². The van der Waals surface area contributed by atoms with Crippen molar-refractivity contribution in [3.05, 3.63) is 28.2 Å². The van der Waals surface area contributed by atoms with Gasteiger partial charge in [-0.15, -0.1) is 0 Å². The Bertz CT molecular complexity index is 384. The molecule has 1 aromatic carbocycles. The molecular formula is C15H23BrN2. The van der Waals surface area contributed by atoms with Crippen molar-refractivity contribution in [2.24, 2.45) is 0 Å². The lowest BCUT2D eigenvalue weighted by atomic mass is 10.1. The van der Waals surface area contributed by atoms with Gasteiger partial charge in [-0.2, -0.15) is 0 Å². The molecule has 0 bridgehead atoms. The molecule has 2 N–H and O–H groups in total. The van der Waals surface area contributed by atoms with E-state index in [4.69, 9.17) is 5.73 Å². The molecule has 0 heterocycles. The number of benzene rings is 1. The van der Waals surface area contributed by atoms with Crippen LogP contribution in [-0.2, 0) is 6.54 Å². The van der Waals surface area contributed by atoms with Gasteiger partial charge >= 0.3 is 0 Å². The Kier molecular flexibility index (Phi) is 5.07. The van der Waals surface area contributed by atoms with Gasteiger partial charge in [-0.05, 0) is 53.5 Å². The van der Waals surface area contributed by atoms with Crippen molar-refractivity contribution in [1.82, 2.24) is 4.90 Å². The zero-order valence-electron chi connectivity index (χ0n) is 11.2. The summed E-state index contributed by atoms with van der Waals surface area (Å²) in [4.78, 5) is 2.50. The third-order valence-electron chi connectivity index (χ3n) is 3.94. The Hall–Kier alpha value is -0.540. The van der Waals surface area contributed by atoms with Crippen LogP contribution in [-0.4, -0.2) is 18.0 Å². The maximum Gasteiger partial charge on any atom is 0.0458 e. The van der Waals surface area contributed by atoms with Crippen LogP contribution in [0, 0.1) is 0 Å². The van der Waals surface area contributed by atoms with Crippen LogP contribution in [0.15, 0.2) is 22.7 Å². The molecule has 100 valence electrons. The monoisotopic (exact) mass is 310 g/mol. The molecule has 2 rings (SSSR count). The highest BCUT2D eigenvalue weighted by molar-refractivity contribution is 9.10. The van der Waals surface area contributed by atoms with E-state index in [9.17, 15) is 0 Å². The minimum Gasteiger partial charge on any atom is -0.398 e. The van der Waals surface area contributed by atoms with Crippen molar-refractivity contribution in [3.8, 4) is 0 Å². The van der Waals surface area contributed by atoms with Gasteiger partial charge in [-0.1, -0.05) is 31.7 Å². The number of nitrogens with two attached hydrogens (primary N) is 1. The summed E-state index contributed by atoms with van der Waals surface area (Å²) in [6.45, 7) is 1.02. The van der Waals surface area contributed by atoms with Crippen molar-refractivity contribution >= 4 is 21.6 Å². The average molecular weight is 311 g/mol. The van der Waals surface area contributed by atoms with Crippen LogP contribution in [0.2, 0.25) is 0 Å². The Labute approximate surface area is 119 Å². The summed E-state index contributed by atoms with van der Waals surface area (Å²) in [6, 6.07) is 7.01. The average Bonchev–Trinajstić information content (AvgIpc) is 2.62. The first kappa shape index (κ1) is 13.9. The molecule has 1 aliphatic rings. The number of hydrogen-bond donors (Lipinski definition) is 1. The molecule has 0 aromatic heterocycles. The van der Waals surface area contributed by atoms with Gasteiger partial charge in [0.1, 0.15) is 0 Å². The minimum absolute atomic E-state index is 0.754. The zero-order valence-corrected chi connectivity index (χ0v) is 12.7. The van der Waals surface area contributed by atoms with Gasteiger partial charge in [0.25, 0.3) is 0 Å². The fraction of sp³-hybridized carbons (Fsp3) is 0.600. The maximum atomic E-state index is 5.82. The highest BCUT2D eigenvalue weighted by Crippen LogP contribution is 2.24.